The van der Waals surface area contributed by atoms with Crippen LogP contribution in [0.25, 0.3) is 22.4 Å². The van der Waals surface area contributed by atoms with Crippen molar-refractivity contribution in [3.63, 3.8) is 0 Å². The smallest absolute Gasteiger partial charge is 0.178 e. The first kappa shape index (κ1) is 17.2. The van der Waals surface area contributed by atoms with Crippen molar-refractivity contribution in [3.05, 3.63) is 59.6 Å². The number of halogens is 3. The fourth-order valence-electron chi connectivity index (χ4n) is 2.51. The van der Waals surface area contributed by atoms with Crippen LogP contribution >= 0.6 is 0 Å². The molecule has 0 unspecified atom stereocenters. The molecule has 0 spiro atoms. The third-order valence-corrected chi connectivity index (χ3v) is 4.81. The second-order valence-corrected chi connectivity index (χ2v) is 7.49. The molecule has 0 saturated heterocycles. The molecule has 0 bridgehead atoms. The first-order chi connectivity index (χ1) is 11.7. The second kappa shape index (κ2) is 6.03. The summed E-state index contributed by atoms with van der Waals surface area (Å²) in [6.45, 7) is 1.58. The molecule has 8 heteroatoms. The van der Waals surface area contributed by atoms with Crippen molar-refractivity contribution in [3.8, 4) is 22.4 Å². The highest BCUT2D eigenvalue weighted by Gasteiger charge is 2.21. The van der Waals surface area contributed by atoms with E-state index in [0.717, 1.165) is 30.5 Å². The van der Waals surface area contributed by atoms with Crippen LogP contribution in [0.3, 0.4) is 0 Å². The van der Waals surface area contributed by atoms with E-state index in [4.69, 9.17) is 4.52 Å². The Balaban J connectivity index is 2.17. The summed E-state index contributed by atoms with van der Waals surface area (Å²) in [6.07, 6.45) is 0.905. The summed E-state index contributed by atoms with van der Waals surface area (Å²) in [7, 11) is -3.71. The Morgan fingerprint density at radius 2 is 1.56 bits per heavy atom. The van der Waals surface area contributed by atoms with Gasteiger partial charge in [-0.2, -0.15) is 0 Å². The molecule has 130 valence electrons. The molecule has 1 aromatic heterocycles. The maximum atomic E-state index is 14.2. The minimum Gasteiger partial charge on any atom is -0.360 e. The Kier molecular flexibility index (Phi) is 4.16. The van der Waals surface area contributed by atoms with Gasteiger partial charge in [-0.1, -0.05) is 11.2 Å². The van der Waals surface area contributed by atoms with Crippen LogP contribution in [0, 0.1) is 24.4 Å². The molecule has 25 heavy (non-hydrogen) atoms. The Hall–Kier alpha value is -2.61. The van der Waals surface area contributed by atoms with Gasteiger partial charge >= 0.3 is 0 Å². The standard InChI is InChI=1S/C17H12F3NO3S/c1-9-16(10-4-6-15(14(20)7-10)25(2,22)23)17(21-24-9)11-3-5-12(18)13(19)8-11/h3-8H,1-2H3. The molecule has 0 aliphatic rings. The minimum absolute atomic E-state index is 0.197. The molecule has 3 aromatic rings. The van der Waals surface area contributed by atoms with Crippen molar-refractivity contribution in [1.29, 1.82) is 0 Å². The van der Waals surface area contributed by atoms with Gasteiger partial charge in [0.2, 0.25) is 0 Å². The lowest BCUT2D eigenvalue weighted by Gasteiger charge is -2.06. The largest absolute Gasteiger partial charge is 0.360 e. The second-order valence-electron chi connectivity index (χ2n) is 5.51. The van der Waals surface area contributed by atoms with Crippen molar-refractivity contribution in [2.24, 2.45) is 0 Å². The van der Waals surface area contributed by atoms with Gasteiger partial charge in [0.05, 0.1) is 5.56 Å². The first-order valence-corrected chi connectivity index (χ1v) is 8.99. The van der Waals surface area contributed by atoms with Crippen molar-refractivity contribution >= 4 is 9.84 Å². The highest BCUT2D eigenvalue weighted by atomic mass is 32.2. The van der Waals surface area contributed by atoms with E-state index >= 15 is 0 Å². The van der Waals surface area contributed by atoms with E-state index in [-0.39, 0.29) is 11.3 Å². The van der Waals surface area contributed by atoms with E-state index in [0.29, 0.717) is 16.9 Å². The van der Waals surface area contributed by atoms with Crippen molar-refractivity contribution in [2.75, 3.05) is 6.26 Å². The van der Waals surface area contributed by atoms with Gasteiger partial charge in [-0.3, -0.25) is 0 Å². The number of hydrogen-bond donors (Lipinski definition) is 0. The third kappa shape index (κ3) is 3.17. The van der Waals surface area contributed by atoms with Crippen LogP contribution in [-0.2, 0) is 9.84 Å². The predicted molar refractivity (Wildman–Crippen MR) is 85.1 cm³/mol. The van der Waals surface area contributed by atoms with Crippen LogP contribution in [0.4, 0.5) is 13.2 Å². The zero-order chi connectivity index (χ0) is 18.4. The molecular formula is C17H12F3NO3S. The summed E-state index contributed by atoms with van der Waals surface area (Å²) in [5.41, 5.74) is 1.12. The van der Waals surface area contributed by atoms with Gasteiger partial charge in [-0.25, -0.2) is 21.6 Å². The molecule has 0 atom stereocenters. The molecule has 0 aliphatic carbocycles. The number of benzene rings is 2. The Bertz CT molecular complexity index is 1070. The topological polar surface area (TPSA) is 60.2 Å². The van der Waals surface area contributed by atoms with E-state index in [9.17, 15) is 21.6 Å². The normalized spacial score (nSPS) is 11.7. The van der Waals surface area contributed by atoms with E-state index in [1.807, 2.05) is 0 Å². The molecule has 0 saturated carbocycles. The highest BCUT2D eigenvalue weighted by Crippen LogP contribution is 2.35. The van der Waals surface area contributed by atoms with Gasteiger partial charge in [0.1, 0.15) is 22.2 Å². The molecule has 2 aromatic carbocycles. The quantitative estimate of drug-likeness (QED) is 0.698. The highest BCUT2D eigenvalue weighted by molar-refractivity contribution is 7.90. The number of nitrogens with zero attached hydrogens (tertiary/aromatic N) is 1. The summed E-state index contributed by atoms with van der Waals surface area (Å²) in [4.78, 5) is -0.431. The van der Waals surface area contributed by atoms with Gasteiger partial charge in [0, 0.05) is 11.8 Å². The van der Waals surface area contributed by atoms with Crippen LogP contribution < -0.4 is 0 Å². The van der Waals surface area contributed by atoms with Gasteiger partial charge in [0.15, 0.2) is 21.5 Å². The Morgan fingerprint density at radius 1 is 0.920 bits per heavy atom. The summed E-state index contributed by atoms with van der Waals surface area (Å²) in [5.74, 6) is -2.65. The number of hydrogen-bond acceptors (Lipinski definition) is 4. The van der Waals surface area contributed by atoms with Crippen molar-refractivity contribution in [1.82, 2.24) is 5.16 Å². The predicted octanol–water partition coefficient (Wildman–Crippen LogP) is 4.14. The van der Waals surface area contributed by atoms with Crippen molar-refractivity contribution < 1.29 is 26.1 Å². The maximum absolute atomic E-state index is 14.2. The Labute approximate surface area is 141 Å². The van der Waals surface area contributed by atoms with Gasteiger partial charge in [0.25, 0.3) is 0 Å². The molecule has 0 N–H and O–H groups in total. The van der Waals surface area contributed by atoms with Crippen LogP contribution in [0.1, 0.15) is 5.76 Å². The SMILES string of the molecule is Cc1onc(-c2ccc(F)c(F)c2)c1-c1ccc(S(C)(=O)=O)c(F)c1. The molecule has 0 radical (unpaired) electrons. The zero-order valence-electron chi connectivity index (χ0n) is 13.2. The van der Waals surface area contributed by atoms with Gasteiger partial charge in [-0.15, -0.1) is 0 Å². The zero-order valence-corrected chi connectivity index (χ0v) is 14.0. The number of aromatic nitrogens is 1. The summed E-state index contributed by atoms with van der Waals surface area (Å²) in [6, 6.07) is 6.81. The summed E-state index contributed by atoms with van der Waals surface area (Å²) in [5, 5.41) is 3.83. The molecule has 0 aliphatic heterocycles. The lowest BCUT2D eigenvalue weighted by atomic mass is 9.99. The molecular weight excluding hydrogens is 355 g/mol. The van der Waals surface area contributed by atoms with Gasteiger partial charge in [-0.05, 0) is 42.8 Å². The monoisotopic (exact) mass is 367 g/mol. The van der Waals surface area contributed by atoms with E-state index in [1.54, 1.807) is 6.92 Å². The minimum atomic E-state index is -3.71. The molecule has 0 fully saturated rings. The van der Waals surface area contributed by atoms with Gasteiger partial charge < -0.3 is 4.52 Å². The molecule has 3 rings (SSSR count). The van der Waals surface area contributed by atoms with Crippen LogP contribution in [0.5, 0.6) is 0 Å². The fourth-order valence-corrected chi connectivity index (χ4v) is 3.24. The molecule has 1 heterocycles. The third-order valence-electron chi connectivity index (χ3n) is 3.68. The average Bonchev–Trinajstić information content (AvgIpc) is 2.90. The Morgan fingerprint density at radius 3 is 2.16 bits per heavy atom. The van der Waals surface area contributed by atoms with Crippen molar-refractivity contribution in [2.45, 2.75) is 11.8 Å². The fraction of sp³-hybridized carbons (Fsp3) is 0.118. The lowest BCUT2D eigenvalue weighted by Crippen LogP contribution is -2.00. The van der Waals surface area contributed by atoms with E-state index in [1.165, 1.54) is 12.1 Å². The number of sulfone groups is 1. The average molecular weight is 367 g/mol. The van der Waals surface area contributed by atoms with E-state index in [2.05, 4.69) is 5.16 Å². The molecule has 4 nitrogen and oxygen atoms in total. The van der Waals surface area contributed by atoms with Crippen LogP contribution in [-0.4, -0.2) is 19.8 Å². The van der Waals surface area contributed by atoms with E-state index < -0.39 is 32.2 Å². The van der Waals surface area contributed by atoms with Crippen LogP contribution in [0.2, 0.25) is 0 Å². The van der Waals surface area contributed by atoms with Crippen LogP contribution in [0.15, 0.2) is 45.8 Å². The maximum Gasteiger partial charge on any atom is 0.178 e. The number of aryl methyl sites for hydroxylation is 1. The number of rotatable bonds is 3. The lowest BCUT2D eigenvalue weighted by molar-refractivity contribution is 0.400. The summed E-state index contributed by atoms with van der Waals surface area (Å²) < 4.78 is 69.0. The summed E-state index contributed by atoms with van der Waals surface area (Å²) >= 11 is 0. The first-order valence-electron chi connectivity index (χ1n) is 7.10. The molecule has 0 amide bonds.